The Bertz CT molecular complexity index is 870. The van der Waals surface area contributed by atoms with Crippen LogP contribution in [0.1, 0.15) is 43.4 Å². The molecule has 128 valence electrons. The molecule has 2 heterocycles. The smallest absolute Gasteiger partial charge is 0.246 e. The number of rotatable bonds is 6. The molecule has 0 bridgehead atoms. The highest BCUT2D eigenvalue weighted by atomic mass is 16.5. The summed E-state index contributed by atoms with van der Waals surface area (Å²) in [6, 6.07) is 8.88. The zero-order valence-electron chi connectivity index (χ0n) is 13.7. The Balaban J connectivity index is 1.37. The summed E-state index contributed by atoms with van der Waals surface area (Å²) >= 11 is 0. The average Bonchev–Trinajstić information content (AvgIpc) is 3.20. The second kappa shape index (κ2) is 6.42. The van der Waals surface area contributed by atoms with Gasteiger partial charge >= 0.3 is 0 Å². The molecule has 0 saturated heterocycles. The molecule has 1 amide bonds. The van der Waals surface area contributed by atoms with Crippen LogP contribution < -0.4 is 5.32 Å². The number of hydrogen-bond acceptors (Lipinski definition) is 7. The topological polar surface area (TPSA) is 112 Å². The maximum absolute atomic E-state index is 12.3. The highest BCUT2D eigenvalue weighted by Crippen LogP contribution is 2.38. The van der Waals surface area contributed by atoms with Crippen LogP contribution in [-0.4, -0.2) is 36.3 Å². The predicted octanol–water partition coefficient (Wildman–Crippen LogP) is 1.48. The molecule has 9 heteroatoms. The minimum absolute atomic E-state index is 0.184. The fourth-order valence-electron chi connectivity index (χ4n) is 2.35. The van der Waals surface area contributed by atoms with Gasteiger partial charge in [-0.25, -0.2) is 0 Å². The Labute approximate surface area is 143 Å². The summed E-state index contributed by atoms with van der Waals surface area (Å²) in [6.07, 6.45) is 2.20. The van der Waals surface area contributed by atoms with E-state index < -0.39 is 6.04 Å². The van der Waals surface area contributed by atoms with E-state index in [1.165, 1.54) is 4.80 Å². The van der Waals surface area contributed by atoms with Crippen LogP contribution in [0.15, 0.2) is 34.9 Å². The van der Waals surface area contributed by atoms with E-state index in [0.29, 0.717) is 17.6 Å². The summed E-state index contributed by atoms with van der Waals surface area (Å²) in [7, 11) is 0. The van der Waals surface area contributed by atoms with Crippen LogP contribution in [-0.2, 0) is 11.3 Å². The van der Waals surface area contributed by atoms with Crippen LogP contribution in [0.25, 0.3) is 11.4 Å². The molecule has 4 rings (SSSR count). The minimum atomic E-state index is -0.601. The van der Waals surface area contributed by atoms with Gasteiger partial charge in [-0.05, 0) is 25.0 Å². The SMILES string of the molecule is C[C@@H](C(=O)NCc1nc(C2CC2)no1)n1nnc(-c2ccccc2)n1. The minimum Gasteiger partial charge on any atom is -0.345 e. The molecular formula is C16H17N7O2. The average molecular weight is 339 g/mol. The third-order valence-electron chi connectivity index (χ3n) is 4.03. The number of benzene rings is 1. The fraction of sp³-hybridized carbons (Fsp3) is 0.375. The van der Waals surface area contributed by atoms with Crippen molar-refractivity contribution in [2.45, 2.75) is 38.3 Å². The van der Waals surface area contributed by atoms with E-state index in [1.54, 1.807) is 6.92 Å². The molecule has 3 aromatic rings. The molecule has 9 nitrogen and oxygen atoms in total. The van der Waals surface area contributed by atoms with Gasteiger partial charge < -0.3 is 9.84 Å². The van der Waals surface area contributed by atoms with Crippen LogP contribution in [0.5, 0.6) is 0 Å². The molecule has 2 aromatic heterocycles. The van der Waals surface area contributed by atoms with Crippen molar-refractivity contribution in [3.63, 3.8) is 0 Å². The first kappa shape index (κ1) is 15.4. The molecule has 0 aliphatic heterocycles. The first-order valence-corrected chi connectivity index (χ1v) is 8.16. The van der Waals surface area contributed by atoms with Gasteiger partial charge in [-0.1, -0.05) is 35.5 Å². The van der Waals surface area contributed by atoms with Gasteiger partial charge in [-0.15, -0.1) is 10.2 Å². The number of amides is 1. The standard InChI is InChI=1S/C16H17N7O2/c1-10(23-20-15(19-22-23)11-5-3-2-4-6-11)16(24)17-9-13-18-14(21-25-13)12-7-8-12/h2-6,10,12H,7-9H2,1H3,(H,17,24)/t10-/m0/s1. The lowest BCUT2D eigenvalue weighted by atomic mass is 10.2. The summed E-state index contributed by atoms with van der Waals surface area (Å²) < 4.78 is 5.14. The molecule has 1 atom stereocenters. The van der Waals surface area contributed by atoms with Gasteiger partial charge in [0.05, 0.1) is 6.54 Å². The van der Waals surface area contributed by atoms with Gasteiger partial charge in [0.25, 0.3) is 0 Å². The normalized spacial score (nSPS) is 15.1. The van der Waals surface area contributed by atoms with E-state index in [2.05, 4.69) is 30.9 Å². The second-order valence-electron chi connectivity index (χ2n) is 6.01. The predicted molar refractivity (Wildman–Crippen MR) is 86.1 cm³/mol. The number of carbonyl (C=O) groups is 1. The number of nitrogens with zero attached hydrogens (tertiary/aromatic N) is 6. The van der Waals surface area contributed by atoms with Crippen molar-refractivity contribution in [1.82, 2.24) is 35.7 Å². The number of tetrazole rings is 1. The third kappa shape index (κ3) is 3.39. The Morgan fingerprint density at radius 1 is 1.36 bits per heavy atom. The maximum atomic E-state index is 12.3. The van der Waals surface area contributed by atoms with Crippen molar-refractivity contribution in [1.29, 1.82) is 0 Å². The van der Waals surface area contributed by atoms with E-state index in [-0.39, 0.29) is 12.5 Å². The lowest BCUT2D eigenvalue weighted by molar-refractivity contribution is -0.124. The largest absolute Gasteiger partial charge is 0.345 e. The summed E-state index contributed by atoms with van der Waals surface area (Å²) in [5.41, 5.74) is 0.847. The van der Waals surface area contributed by atoms with E-state index in [1.807, 2.05) is 30.3 Å². The third-order valence-corrected chi connectivity index (χ3v) is 4.03. The molecular weight excluding hydrogens is 322 g/mol. The monoisotopic (exact) mass is 339 g/mol. The Kier molecular flexibility index (Phi) is 3.96. The molecule has 1 aromatic carbocycles. The van der Waals surface area contributed by atoms with Crippen molar-refractivity contribution in [2.24, 2.45) is 0 Å². The fourth-order valence-corrected chi connectivity index (χ4v) is 2.35. The van der Waals surface area contributed by atoms with Gasteiger partial charge in [0.2, 0.25) is 17.6 Å². The van der Waals surface area contributed by atoms with Crippen molar-refractivity contribution in [3.05, 3.63) is 42.0 Å². The van der Waals surface area contributed by atoms with Crippen LogP contribution in [0.4, 0.5) is 0 Å². The van der Waals surface area contributed by atoms with Crippen LogP contribution in [0, 0.1) is 0 Å². The molecule has 0 radical (unpaired) electrons. The van der Waals surface area contributed by atoms with Gasteiger partial charge in [-0.3, -0.25) is 4.79 Å². The molecule has 1 fully saturated rings. The van der Waals surface area contributed by atoms with Crippen molar-refractivity contribution < 1.29 is 9.32 Å². The first-order chi connectivity index (χ1) is 12.2. The second-order valence-corrected chi connectivity index (χ2v) is 6.01. The molecule has 1 aliphatic rings. The molecule has 1 saturated carbocycles. The van der Waals surface area contributed by atoms with Gasteiger partial charge in [-0.2, -0.15) is 9.78 Å². The van der Waals surface area contributed by atoms with Gasteiger partial charge in [0, 0.05) is 11.5 Å². The molecule has 1 N–H and O–H groups in total. The van der Waals surface area contributed by atoms with Crippen molar-refractivity contribution in [2.75, 3.05) is 0 Å². The highest BCUT2D eigenvalue weighted by Gasteiger charge is 2.29. The summed E-state index contributed by atoms with van der Waals surface area (Å²) in [5.74, 6) is 1.78. The Morgan fingerprint density at radius 3 is 2.92 bits per heavy atom. The molecule has 0 spiro atoms. The Hall–Kier alpha value is -3.10. The molecule has 0 unspecified atom stereocenters. The number of nitrogens with one attached hydrogen (secondary N) is 1. The van der Waals surface area contributed by atoms with Crippen LogP contribution in [0.2, 0.25) is 0 Å². The number of hydrogen-bond donors (Lipinski definition) is 1. The van der Waals surface area contributed by atoms with E-state index >= 15 is 0 Å². The number of carbonyl (C=O) groups excluding carboxylic acids is 1. The van der Waals surface area contributed by atoms with Crippen LogP contribution >= 0.6 is 0 Å². The van der Waals surface area contributed by atoms with Crippen molar-refractivity contribution in [3.8, 4) is 11.4 Å². The zero-order valence-corrected chi connectivity index (χ0v) is 13.7. The van der Waals surface area contributed by atoms with E-state index in [9.17, 15) is 4.79 Å². The lowest BCUT2D eigenvalue weighted by Gasteiger charge is -2.09. The molecule has 1 aliphatic carbocycles. The van der Waals surface area contributed by atoms with E-state index in [0.717, 1.165) is 24.2 Å². The summed E-state index contributed by atoms with van der Waals surface area (Å²) in [4.78, 5) is 17.9. The Morgan fingerprint density at radius 2 is 2.16 bits per heavy atom. The molecule has 25 heavy (non-hydrogen) atoms. The van der Waals surface area contributed by atoms with Gasteiger partial charge in [0.15, 0.2) is 5.82 Å². The van der Waals surface area contributed by atoms with Crippen LogP contribution in [0.3, 0.4) is 0 Å². The highest BCUT2D eigenvalue weighted by molar-refractivity contribution is 5.79. The lowest BCUT2D eigenvalue weighted by Crippen LogP contribution is -2.31. The maximum Gasteiger partial charge on any atom is 0.246 e. The van der Waals surface area contributed by atoms with E-state index in [4.69, 9.17) is 4.52 Å². The van der Waals surface area contributed by atoms with Crippen molar-refractivity contribution >= 4 is 5.91 Å². The quantitative estimate of drug-likeness (QED) is 0.724. The zero-order chi connectivity index (χ0) is 17.2. The summed E-state index contributed by atoms with van der Waals surface area (Å²) in [6.45, 7) is 1.89. The summed E-state index contributed by atoms with van der Waals surface area (Å²) in [5, 5.41) is 18.9. The number of aromatic nitrogens is 6. The first-order valence-electron chi connectivity index (χ1n) is 8.16. The van der Waals surface area contributed by atoms with Gasteiger partial charge in [0.1, 0.15) is 6.04 Å².